The van der Waals surface area contributed by atoms with Gasteiger partial charge in [-0.25, -0.2) is 0 Å². The molecule has 0 radical (unpaired) electrons. The van der Waals surface area contributed by atoms with E-state index in [2.05, 4.69) is 10.3 Å². The number of rotatable bonds is 4. The number of carbonyl (C=O) groups excluding carboxylic acids is 1. The normalized spacial score (nSPS) is 19.6. The number of aliphatic hydroxyl groups is 1. The van der Waals surface area contributed by atoms with E-state index in [0.29, 0.717) is 35.5 Å². The third-order valence-electron chi connectivity index (χ3n) is 5.15. The van der Waals surface area contributed by atoms with Gasteiger partial charge in [0.25, 0.3) is 11.5 Å². The van der Waals surface area contributed by atoms with Gasteiger partial charge in [-0.05, 0) is 57.2 Å². The zero-order chi connectivity index (χ0) is 19.6. The molecule has 0 saturated heterocycles. The quantitative estimate of drug-likeness (QED) is 0.862. The number of aryl methyl sites for hydroxylation is 2. The molecule has 7 heteroatoms. The second kappa shape index (κ2) is 7.92. The number of aromatic nitrogens is 2. The Morgan fingerprint density at radius 3 is 2.63 bits per heavy atom. The number of nitrogens with one attached hydrogen (secondary N) is 1. The van der Waals surface area contributed by atoms with Gasteiger partial charge in [0.2, 0.25) is 0 Å². The molecule has 0 aromatic carbocycles. The number of hydrogen-bond donors (Lipinski definition) is 2. The first-order valence-electron chi connectivity index (χ1n) is 9.13. The van der Waals surface area contributed by atoms with Crippen LogP contribution in [-0.4, -0.2) is 33.8 Å². The number of methoxy groups -OCH3 is 1. The van der Waals surface area contributed by atoms with Crippen molar-refractivity contribution < 1.29 is 14.6 Å². The van der Waals surface area contributed by atoms with Gasteiger partial charge in [-0.3, -0.25) is 14.6 Å². The maximum atomic E-state index is 13.0. The molecule has 0 unspecified atom stereocenters. The number of nitrogens with zero attached hydrogens (tertiary/aromatic N) is 2. The largest absolute Gasteiger partial charge is 0.493 e. The van der Waals surface area contributed by atoms with Crippen LogP contribution in [0.1, 0.15) is 53.3 Å². The summed E-state index contributed by atoms with van der Waals surface area (Å²) < 4.78 is 6.95. The molecular formula is C20H25N3O4. The van der Waals surface area contributed by atoms with E-state index in [1.165, 1.54) is 7.11 Å². The van der Waals surface area contributed by atoms with Crippen molar-refractivity contribution in [1.82, 2.24) is 9.55 Å². The second-order valence-corrected chi connectivity index (χ2v) is 6.98. The van der Waals surface area contributed by atoms with Crippen molar-refractivity contribution in [2.45, 2.75) is 51.7 Å². The summed E-state index contributed by atoms with van der Waals surface area (Å²) >= 11 is 0. The fraction of sp³-hybridized carbons (Fsp3) is 0.450. The highest BCUT2D eigenvalue weighted by molar-refractivity contribution is 6.05. The Balaban J connectivity index is 1.92. The molecule has 0 spiro atoms. The van der Waals surface area contributed by atoms with Crippen LogP contribution in [0.25, 0.3) is 0 Å². The summed E-state index contributed by atoms with van der Waals surface area (Å²) in [5.41, 5.74) is 1.57. The van der Waals surface area contributed by atoms with Crippen molar-refractivity contribution in [2.24, 2.45) is 0 Å². The first-order chi connectivity index (χ1) is 12.9. The number of hydrogen-bond acceptors (Lipinski definition) is 5. The maximum Gasteiger partial charge on any atom is 0.263 e. The molecule has 1 aliphatic rings. The molecule has 2 heterocycles. The first-order valence-corrected chi connectivity index (χ1v) is 9.13. The molecule has 7 nitrogen and oxygen atoms in total. The number of carbonyl (C=O) groups is 1. The number of aliphatic hydroxyl groups excluding tert-OH is 1. The minimum atomic E-state index is -0.466. The average Bonchev–Trinajstić information content (AvgIpc) is 2.63. The molecule has 2 aromatic heterocycles. The number of pyridine rings is 2. The van der Waals surface area contributed by atoms with Crippen LogP contribution < -0.4 is 15.6 Å². The van der Waals surface area contributed by atoms with E-state index in [9.17, 15) is 14.7 Å². The van der Waals surface area contributed by atoms with Gasteiger partial charge < -0.3 is 19.7 Å². The monoisotopic (exact) mass is 371 g/mol. The van der Waals surface area contributed by atoms with Crippen LogP contribution in [0, 0.1) is 13.8 Å². The van der Waals surface area contributed by atoms with Crippen LogP contribution in [0.2, 0.25) is 0 Å². The molecule has 1 aliphatic carbocycles. The minimum absolute atomic E-state index is 0.00533. The molecule has 1 amide bonds. The Kier molecular flexibility index (Phi) is 5.60. The van der Waals surface area contributed by atoms with Crippen molar-refractivity contribution in [3.05, 3.63) is 51.7 Å². The molecule has 144 valence electrons. The molecule has 1 saturated carbocycles. The van der Waals surface area contributed by atoms with Gasteiger partial charge in [0, 0.05) is 18.4 Å². The summed E-state index contributed by atoms with van der Waals surface area (Å²) in [6.45, 7) is 3.53. The number of anilines is 1. The van der Waals surface area contributed by atoms with E-state index in [4.69, 9.17) is 4.74 Å². The van der Waals surface area contributed by atoms with E-state index in [0.717, 1.165) is 12.8 Å². The highest BCUT2D eigenvalue weighted by Crippen LogP contribution is 2.28. The fourth-order valence-corrected chi connectivity index (χ4v) is 3.63. The van der Waals surface area contributed by atoms with E-state index < -0.39 is 5.91 Å². The smallest absolute Gasteiger partial charge is 0.263 e. The minimum Gasteiger partial charge on any atom is -0.493 e. The van der Waals surface area contributed by atoms with Gasteiger partial charge in [-0.2, -0.15) is 0 Å². The average molecular weight is 371 g/mol. The predicted octanol–water partition coefficient (Wildman–Crippen LogP) is 2.60. The lowest BCUT2D eigenvalue weighted by molar-refractivity contribution is 0.101. The molecule has 1 fully saturated rings. The zero-order valence-electron chi connectivity index (χ0n) is 15.9. The first kappa shape index (κ1) is 19.1. The van der Waals surface area contributed by atoms with Gasteiger partial charge in [0.15, 0.2) is 5.75 Å². The molecule has 0 atom stereocenters. The lowest BCUT2D eigenvalue weighted by Gasteiger charge is -2.27. The molecule has 0 bridgehead atoms. The van der Waals surface area contributed by atoms with Crippen molar-refractivity contribution in [3.63, 3.8) is 0 Å². The fourth-order valence-electron chi connectivity index (χ4n) is 3.63. The summed E-state index contributed by atoms with van der Waals surface area (Å²) in [6, 6.07) is 3.44. The Morgan fingerprint density at radius 1 is 1.26 bits per heavy atom. The van der Waals surface area contributed by atoms with Crippen molar-refractivity contribution in [3.8, 4) is 5.75 Å². The zero-order valence-corrected chi connectivity index (χ0v) is 15.9. The molecule has 27 heavy (non-hydrogen) atoms. The summed E-state index contributed by atoms with van der Waals surface area (Å²) in [4.78, 5) is 30.0. The topological polar surface area (TPSA) is 93.5 Å². The predicted molar refractivity (Wildman–Crippen MR) is 102 cm³/mol. The van der Waals surface area contributed by atoms with Crippen LogP contribution in [0.15, 0.2) is 29.3 Å². The standard InChI is InChI=1S/C20H25N3O4/c1-12-9-11-23(14-4-6-15(24)7-5-14)20(26)17(12)19(25)22-16-8-10-21-13(2)18(16)27-3/h8-11,14-15,24H,4-7H2,1-3H3,(H,21,22,25). The highest BCUT2D eigenvalue weighted by atomic mass is 16.5. The van der Waals surface area contributed by atoms with Gasteiger partial charge in [0.05, 0.1) is 24.6 Å². The van der Waals surface area contributed by atoms with Gasteiger partial charge in [0.1, 0.15) is 5.56 Å². The molecular weight excluding hydrogens is 346 g/mol. The van der Waals surface area contributed by atoms with E-state index >= 15 is 0 Å². The number of ether oxygens (including phenoxy) is 1. The van der Waals surface area contributed by atoms with E-state index in [1.807, 2.05) is 0 Å². The Morgan fingerprint density at radius 2 is 1.96 bits per heavy atom. The van der Waals surface area contributed by atoms with Crippen molar-refractivity contribution in [1.29, 1.82) is 0 Å². The van der Waals surface area contributed by atoms with Crippen LogP contribution in [-0.2, 0) is 0 Å². The van der Waals surface area contributed by atoms with Crippen LogP contribution in [0.4, 0.5) is 5.69 Å². The number of amides is 1. The Labute approximate surface area is 158 Å². The second-order valence-electron chi connectivity index (χ2n) is 6.98. The summed E-state index contributed by atoms with van der Waals surface area (Å²) in [7, 11) is 1.51. The van der Waals surface area contributed by atoms with Crippen molar-refractivity contribution in [2.75, 3.05) is 12.4 Å². The maximum absolute atomic E-state index is 13.0. The molecule has 3 rings (SSSR count). The summed E-state index contributed by atoms with van der Waals surface area (Å²) in [5.74, 6) is 0.00706. The lowest BCUT2D eigenvalue weighted by atomic mass is 9.92. The highest BCUT2D eigenvalue weighted by Gasteiger charge is 2.24. The third-order valence-corrected chi connectivity index (χ3v) is 5.15. The van der Waals surface area contributed by atoms with Gasteiger partial charge in [-0.1, -0.05) is 0 Å². The molecule has 2 aromatic rings. The lowest BCUT2D eigenvalue weighted by Crippen LogP contribution is -2.34. The van der Waals surface area contributed by atoms with Gasteiger partial charge >= 0.3 is 0 Å². The van der Waals surface area contributed by atoms with E-state index in [1.54, 1.807) is 42.9 Å². The summed E-state index contributed by atoms with van der Waals surface area (Å²) in [5, 5.41) is 12.5. The molecule has 2 N–H and O–H groups in total. The van der Waals surface area contributed by atoms with Crippen LogP contribution >= 0.6 is 0 Å². The van der Waals surface area contributed by atoms with Crippen LogP contribution in [0.3, 0.4) is 0 Å². The van der Waals surface area contributed by atoms with Crippen molar-refractivity contribution >= 4 is 11.6 Å². The molecule has 0 aliphatic heterocycles. The van der Waals surface area contributed by atoms with Crippen LogP contribution in [0.5, 0.6) is 5.75 Å². The Hall–Kier alpha value is -2.67. The third kappa shape index (κ3) is 3.88. The van der Waals surface area contributed by atoms with Gasteiger partial charge in [-0.15, -0.1) is 0 Å². The summed E-state index contributed by atoms with van der Waals surface area (Å²) in [6.07, 6.45) is 5.81. The van der Waals surface area contributed by atoms with E-state index in [-0.39, 0.29) is 23.3 Å². The Bertz CT molecular complexity index is 899. The SMILES string of the molecule is COc1c(NC(=O)c2c(C)ccn(C3CCC(O)CC3)c2=O)ccnc1C.